The quantitative estimate of drug-likeness (QED) is 0.545. The van der Waals surface area contributed by atoms with E-state index in [2.05, 4.69) is 20.1 Å². The molecule has 33 heavy (non-hydrogen) atoms. The van der Waals surface area contributed by atoms with E-state index in [1.54, 1.807) is 12.1 Å². The van der Waals surface area contributed by atoms with Gasteiger partial charge < -0.3 is 19.5 Å². The van der Waals surface area contributed by atoms with Crippen molar-refractivity contribution >= 4 is 11.6 Å². The predicted octanol–water partition coefficient (Wildman–Crippen LogP) is 4.75. The maximum absolute atomic E-state index is 12.9. The number of ether oxygens (including phenoxy) is 3. The highest BCUT2D eigenvalue weighted by atomic mass is 19.4. The Morgan fingerprint density at radius 1 is 1.12 bits per heavy atom. The second-order valence-corrected chi connectivity index (χ2v) is 7.41. The number of nitrogens with one attached hydrogen (secondary N) is 1. The molecule has 0 unspecified atom stereocenters. The first kappa shape index (κ1) is 22.4. The van der Waals surface area contributed by atoms with E-state index in [1.807, 2.05) is 0 Å². The Kier molecular flexibility index (Phi) is 6.38. The fourth-order valence-electron chi connectivity index (χ4n) is 3.63. The largest absolute Gasteiger partial charge is 0.573 e. The Morgan fingerprint density at radius 3 is 2.58 bits per heavy atom. The topological polar surface area (TPSA) is 87.5 Å². The van der Waals surface area contributed by atoms with Crippen molar-refractivity contribution in [2.24, 2.45) is 0 Å². The van der Waals surface area contributed by atoms with Gasteiger partial charge in [-0.2, -0.15) is 5.10 Å². The van der Waals surface area contributed by atoms with E-state index in [0.29, 0.717) is 17.2 Å². The third kappa shape index (κ3) is 5.54. The van der Waals surface area contributed by atoms with Crippen LogP contribution in [0.1, 0.15) is 36.0 Å². The number of alkyl halides is 3. The fourth-order valence-corrected chi connectivity index (χ4v) is 3.63. The zero-order valence-corrected chi connectivity index (χ0v) is 17.6. The Labute approximate surface area is 187 Å². The van der Waals surface area contributed by atoms with Crippen molar-refractivity contribution in [3.05, 3.63) is 54.6 Å². The first-order chi connectivity index (χ1) is 15.8. The molecule has 1 fully saturated rings. The lowest BCUT2D eigenvalue weighted by atomic mass is 10.1. The smallest absolute Gasteiger partial charge is 0.493 e. The molecule has 8 nitrogen and oxygen atoms in total. The summed E-state index contributed by atoms with van der Waals surface area (Å²) in [4.78, 5) is 16.8. The van der Waals surface area contributed by atoms with Gasteiger partial charge in [-0.15, -0.1) is 13.2 Å². The van der Waals surface area contributed by atoms with Crippen LogP contribution < -0.4 is 19.5 Å². The van der Waals surface area contributed by atoms with Crippen molar-refractivity contribution < 1.29 is 32.2 Å². The Bertz CT molecular complexity index is 1110. The molecule has 0 atom stereocenters. The highest BCUT2D eigenvalue weighted by Crippen LogP contribution is 2.33. The number of methoxy groups -OCH3 is 1. The summed E-state index contributed by atoms with van der Waals surface area (Å²) in [5.41, 5.74) is 0.596. The minimum Gasteiger partial charge on any atom is -0.493 e. The summed E-state index contributed by atoms with van der Waals surface area (Å²) in [7, 11) is 1.47. The number of rotatable bonds is 7. The van der Waals surface area contributed by atoms with E-state index in [9.17, 15) is 18.0 Å². The van der Waals surface area contributed by atoms with Crippen LogP contribution in [-0.2, 0) is 0 Å². The molecule has 2 aromatic carbocycles. The van der Waals surface area contributed by atoms with Crippen molar-refractivity contribution in [2.75, 3.05) is 12.4 Å². The summed E-state index contributed by atoms with van der Waals surface area (Å²) >= 11 is 0. The molecular weight excluding hydrogens is 441 g/mol. The van der Waals surface area contributed by atoms with Crippen LogP contribution in [0.5, 0.6) is 17.2 Å². The van der Waals surface area contributed by atoms with Crippen LogP contribution in [0.25, 0.3) is 5.69 Å². The Morgan fingerprint density at radius 2 is 1.91 bits per heavy atom. The lowest BCUT2D eigenvalue weighted by Crippen LogP contribution is -2.18. The SMILES string of the molecule is COc1cc(C(=O)Nc2cc(OC(F)(F)F)ccc2-n2cncn2)ccc1OC1CCCC1. The number of hydrogen-bond acceptors (Lipinski definition) is 6. The number of hydrogen-bond donors (Lipinski definition) is 1. The van der Waals surface area contributed by atoms with Gasteiger partial charge in [-0.1, -0.05) is 0 Å². The first-order valence-electron chi connectivity index (χ1n) is 10.2. The summed E-state index contributed by atoms with van der Waals surface area (Å²) in [6.45, 7) is 0. The van der Waals surface area contributed by atoms with E-state index >= 15 is 0 Å². The van der Waals surface area contributed by atoms with E-state index in [1.165, 1.54) is 36.6 Å². The number of amides is 1. The molecule has 0 spiro atoms. The Balaban J connectivity index is 1.59. The van der Waals surface area contributed by atoms with Gasteiger partial charge in [-0.3, -0.25) is 4.79 Å². The maximum Gasteiger partial charge on any atom is 0.573 e. The second-order valence-electron chi connectivity index (χ2n) is 7.41. The van der Waals surface area contributed by atoms with E-state index in [-0.39, 0.29) is 17.4 Å². The summed E-state index contributed by atoms with van der Waals surface area (Å²) in [6, 6.07) is 8.26. The molecule has 0 bridgehead atoms. The number of aromatic nitrogens is 3. The molecule has 1 aliphatic carbocycles. The number of nitrogens with zero attached hydrogens (tertiary/aromatic N) is 3. The second kappa shape index (κ2) is 9.39. The van der Waals surface area contributed by atoms with Gasteiger partial charge in [0.05, 0.1) is 24.6 Å². The monoisotopic (exact) mass is 462 g/mol. The van der Waals surface area contributed by atoms with Gasteiger partial charge in [-0.05, 0) is 56.0 Å². The molecule has 0 saturated heterocycles. The zero-order valence-electron chi connectivity index (χ0n) is 17.6. The third-order valence-corrected chi connectivity index (χ3v) is 5.14. The molecule has 1 aliphatic rings. The number of carbonyl (C=O) groups excluding carboxylic acids is 1. The normalized spacial score (nSPS) is 14.2. The number of anilines is 1. The maximum atomic E-state index is 12.9. The Hall–Kier alpha value is -3.76. The molecule has 1 amide bonds. The first-order valence-corrected chi connectivity index (χ1v) is 10.2. The van der Waals surface area contributed by atoms with Gasteiger partial charge in [0, 0.05) is 11.6 Å². The van der Waals surface area contributed by atoms with Crippen molar-refractivity contribution in [2.45, 2.75) is 38.1 Å². The highest BCUT2D eigenvalue weighted by molar-refractivity contribution is 6.05. The number of benzene rings is 2. The van der Waals surface area contributed by atoms with Gasteiger partial charge in [0.1, 0.15) is 18.4 Å². The average Bonchev–Trinajstić information content (AvgIpc) is 3.47. The van der Waals surface area contributed by atoms with E-state index in [4.69, 9.17) is 9.47 Å². The number of halogens is 3. The fraction of sp³-hybridized carbons (Fsp3) is 0.318. The van der Waals surface area contributed by atoms with Crippen molar-refractivity contribution in [1.82, 2.24) is 14.8 Å². The van der Waals surface area contributed by atoms with Gasteiger partial charge in [0.25, 0.3) is 5.91 Å². The molecule has 11 heteroatoms. The molecule has 174 valence electrons. The highest BCUT2D eigenvalue weighted by Gasteiger charge is 2.31. The van der Waals surface area contributed by atoms with Crippen LogP contribution in [0.15, 0.2) is 49.1 Å². The van der Waals surface area contributed by atoms with Gasteiger partial charge >= 0.3 is 6.36 Å². The molecule has 1 aromatic heterocycles. The average molecular weight is 462 g/mol. The van der Waals surface area contributed by atoms with Gasteiger partial charge in [-0.25, -0.2) is 9.67 Å². The summed E-state index contributed by atoms with van der Waals surface area (Å²) in [5.74, 6) is -0.129. The van der Waals surface area contributed by atoms with Crippen LogP contribution in [0.4, 0.5) is 18.9 Å². The van der Waals surface area contributed by atoms with Crippen LogP contribution >= 0.6 is 0 Å². The van der Waals surface area contributed by atoms with E-state index < -0.39 is 18.0 Å². The summed E-state index contributed by atoms with van der Waals surface area (Å²) in [5, 5.41) is 6.59. The summed E-state index contributed by atoms with van der Waals surface area (Å²) in [6.07, 6.45) is 2.00. The van der Waals surface area contributed by atoms with E-state index in [0.717, 1.165) is 37.8 Å². The molecule has 3 aromatic rings. The summed E-state index contributed by atoms with van der Waals surface area (Å²) < 4.78 is 54.7. The predicted molar refractivity (Wildman–Crippen MR) is 112 cm³/mol. The lowest BCUT2D eigenvalue weighted by molar-refractivity contribution is -0.274. The third-order valence-electron chi connectivity index (χ3n) is 5.14. The standard InChI is InChI=1S/C22H21F3N4O4/c1-31-20-10-14(6-9-19(20)32-15-4-2-3-5-15)21(30)28-17-11-16(33-22(23,24)25)7-8-18(17)29-13-26-12-27-29/h6-13,15H,2-5H2,1H3,(H,28,30). The van der Waals surface area contributed by atoms with Crippen LogP contribution in [0, 0.1) is 0 Å². The molecule has 1 saturated carbocycles. The lowest BCUT2D eigenvalue weighted by Gasteiger charge is -2.17. The minimum atomic E-state index is -4.88. The minimum absolute atomic E-state index is 0.0532. The van der Waals surface area contributed by atoms with Crippen LogP contribution in [0.3, 0.4) is 0 Å². The molecule has 0 aliphatic heterocycles. The van der Waals surface area contributed by atoms with Gasteiger partial charge in [0.15, 0.2) is 11.5 Å². The van der Waals surface area contributed by atoms with Crippen LogP contribution in [0.2, 0.25) is 0 Å². The number of carbonyl (C=O) groups is 1. The molecule has 4 rings (SSSR count). The van der Waals surface area contributed by atoms with Crippen molar-refractivity contribution in [1.29, 1.82) is 0 Å². The van der Waals surface area contributed by atoms with Crippen LogP contribution in [-0.4, -0.2) is 40.2 Å². The molecule has 1 heterocycles. The zero-order chi connectivity index (χ0) is 23.4. The molecule has 1 N–H and O–H groups in total. The van der Waals surface area contributed by atoms with Gasteiger partial charge in [0.2, 0.25) is 0 Å². The molecular formula is C22H21F3N4O4. The molecule has 0 radical (unpaired) electrons. The van der Waals surface area contributed by atoms with Crippen molar-refractivity contribution in [3.8, 4) is 22.9 Å². The van der Waals surface area contributed by atoms with Crippen molar-refractivity contribution in [3.63, 3.8) is 0 Å².